The van der Waals surface area contributed by atoms with E-state index in [1.165, 1.54) is 31.4 Å². The maximum atomic E-state index is 11.0. The Bertz CT molecular complexity index is 512. The Labute approximate surface area is 121 Å². The van der Waals surface area contributed by atoms with Crippen LogP contribution in [0.25, 0.3) is 0 Å². The third kappa shape index (κ3) is 4.48. The van der Waals surface area contributed by atoms with Gasteiger partial charge >= 0.3 is 0 Å². The van der Waals surface area contributed by atoms with E-state index in [-0.39, 0.29) is 42.4 Å². The zero-order chi connectivity index (χ0) is 16.0. The van der Waals surface area contributed by atoms with Gasteiger partial charge in [-0.05, 0) is 0 Å². The lowest BCUT2D eigenvalue weighted by molar-refractivity contribution is -0.138. The number of carbonyl (C=O) groups excluding carboxylic acids is 5. The van der Waals surface area contributed by atoms with Crippen LogP contribution in [0.4, 0.5) is 0 Å². The van der Waals surface area contributed by atoms with E-state index in [4.69, 9.17) is 0 Å². The van der Waals surface area contributed by atoms with Gasteiger partial charge in [0.15, 0.2) is 0 Å². The van der Waals surface area contributed by atoms with Gasteiger partial charge in [-0.1, -0.05) is 6.92 Å². The van der Waals surface area contributed by atoms with Crippen LogP contribution < -0.4 is 0 Å². The predicted octanol–water partition coefficient (Wildman–Crippen LogP) is -0.178. The molecule has 0 saturated heterocycles. The molecule has 0 spiro atoms. The fourth-order valence-corrected chi connectivity index (χ4v) is 1.54. The van der Waals surface area contributed by atoms with Crippen LogP contribution in [0.2, 0.25) is 0 Å². The lowest BCUT2D eigenvalue weighted by Gasteiger charge is -2.11. The molecular formula is C14H16N2O5. The SMILES string of the molecule is CCC(=O)CCN1C(=O)C=CC1=O.CN1C(=O)C=CC1=O. The average Bonchev–Trinajstić information content (AvgIpc) is 2.94. The molecule has 0 aromatic carbocycles. The molecule has 0 aliphatic carbocycles. The standard InChI is InChI=1S/C9H11NO3.C5H5NO2/c1-2-7(11)5-6-10-8(12)3-4-9(10)13;1-6-4(7)2-3-5(6)8/h3-4H,2,5-6H2,1H3;2-3H,1H3. The van der Waals surface area contributed by atoms with Gasteiger partial charge in [0.05, 0.1) is 0 Å². The van der Waals surface area contributed by atoms with Crippen LogP contribution in [0, 0.1) is 0 Å². The molecule has 0 aromatic heterocycles. The fraction of sp³-hybridized carbons (Fsp3) is 0.357. The number of likely N-dealkylation sites (N-methyl/N-ethyl adjacent to an activating group) is 1. The molecule has 4 amide bonds. The predicted molar refractivity (Wildman–Crippen MR) is 72.7 cm³/mol. The molecule has 2 aliphatic rings. The second-order valence-electron chi connectivity index (χ2n) is 4.37. The summed E-state index contributed by atoms with van der Waals surface area (Å²) in [6, 6.07) is 0. The Kier molecular flexibility index (Phi) is 5.71. The van der Waals surface area contributed by atoms with Gasteiger partial charge in [0.25, 0.3) is 23.6 Å². The first-order valence-corrected chi connectivity index (χ1v) is 6.41. The summed E-state index contributed by atoms with van der Waals surface area (Å²) < 4.78 is 0. The molecule has 0 aromatic rings. The van der Waals surface area contributed by atoms with E-state index < -0.39 is 0 Å². The minimum Gasteiger partial charge on any atom is -0.300 e. The molecule has 2 aliphatic heterocycles. The zero-order valence-electron chi connectivity index (χ0n) is 11.9. The molecule has 0 fully saturated rings. The number of hydrogen-bond donors (Lipinski definition) is 0. The Hall–Kier alpha value is -2.57. The van der Waals surface area contributed by atoms with Gasteiger partial charge in [0, 0.05) is 50.7 Å². The Balaban J connectivity index is 0.000000235. The second kappa shape index (κ2) is 7.28. The molecule has 112 valence electrons. The van der Waals surface area contributed by atoms with E-state index in [1.54, 1.807) is 6.92 Å². The van der Waals surface area contributed by atoms with Crippen LogP contribution in [0.15, 0.2) is 24.3 Å². The van der Waals surface area contributed by atoms with E-state index in [0.29, 0.717) is 6.42 Å². The van der Waals surface area contributed by atoms with Crippen molar-refractivity contribution in [2.75, 3.05) is 13.6 Å². The van der Waals surface area contributed by atoms with E-state index >= 15 is 0 Å². The van der Waals surface area contributed by atoms with Crippen LogP contribution in [-0.4, -0.2) is 52.8 Å². The molecule has 0 N–H and O–H groups in total. The Morgan fingerprint density at radius 2 is 1.33 bits per heavy atom. The van der Waals surface area contributed by atoms with Crippen molar-refractivity contribution in [1.82, 2.24) is 9.80 Å². The van der Waals surface area contributed by atoms with Crippen LogP contribution in [-0.2, 0) is 24.0 Å². The van der Waals surface area contributed by atoms with Crippen LogP contribution in [0.3, 0.4) is 0 Å². The van der Waals surface area contributed by atoms with E-state index in [1.807, 2.05) is 0 Å². The van der Waals surface area contributed by atoms with Crippen molar-refractivity contribution >= 4 is 29.4 Å². The zero-order valence-corrected chi connectivity index (χ0v) is 11.9. The van der Waals surface area contributed by atoms with Crippen molar-refractivity contribution in [2.24, 2.45) is 0 Å². The lowest BCUT2D eigenvalue weighted by Crippen LogP contribution is -2.31. The number of rotatable bonds is 4. The number of amides is 4. The number of nitrogens with zero attached hydrogens (tertiary/aromatic N) is 2. The Morgan fingerprint density at radius 3 is 1.67 bits per heavy atom. The normalized spacial score (nSPS) is 16.7. The summed E-state index contributed by atoms with van der Waals surface area (Å²) in [5, 5.41) is 0. The number of imide groups is 2. The molecule has 0 atom stereocenters. The van der Waals surface area contributed by atoms with E-state index in [2.05, 4.69) is 0 Å². The summed E-state index contributed by atoms with van der Waals surface area (Å²) in [5.41, 5.74) is 0. The minimum atomic E-state index is -0.325. The highest BCUT2D eigenvalue weighted by atomic mass is 16.2. The van der Waals surface area contributed by atoms with Crippen LogP contribution in [0.1, 0.15) is 19.8 Å². The molecule has 21 heavy (non-hydrogen) atoms. The first-order valence-electron chi connectivity index (χ1n) is 6.41. The summed E-state index contributed by atoms with van der Waals surface area (Å²) in [4.78, 5) is 55.8. The molecule has 0 unspecified atom stereocenters. The quantitative estimate of drug-likeness (QED) is 0.670. The third-order valence-corrected chi connectivity index (χ3v) is 2.94. The summed E-state index contributed by atoms with van der Waals surface area (Å²) >= 11 is 0. The van der Waals surface area contributed by atoms with Crippen molar-refractivity contribution in [2.45, 2.75) is 19.8 Å². The molecule has 7 nitrogen and oxygen atoms in total. The summed E-state index contributed by atoms with van der Waals surface area (Å²) in [6.07, 6.45) is 5.65. The first kappa shape index (κ1) is 16.5. The molecule has 0 bridgehead atoms. The largest absolute Gasteiger partial charge is 0.300 e. The van der Waals surface area contributed by atoms with Gasteiger partial charge in [-0.15, -0.1) is 0 Å². The first-order chi connectivity index (χ1) is 9.86. The van der Waals surface area contributed by atoms with E-state index in [9.17, 15) is 24.0 Å². The number of ketones is 1. The smallest absolute Gasteiger partial charge is 0.253 e. The van der Waals surface area contributed by atoms with Crippen molar-refractivity contribution in [3.05, 3.63) is 24.3 Å². The highest BCUT2D eigenvalue weighted by molar-refractivity contribution is 6.13. The van der Waals surface area contributed by atoms with Crippen molar-refractivity contribution < 1.29 is 24.0 Å². The lowest BCUT2D eigenvalue weighted by atomic mass is 10.2. The average molecular weight is 292 g/mol. The van der Waals surface area contributed by atoms with Gasteiger partial charge in [-0.2, -0.15) is 0 Å². The van der Waals surface area contributed by atoms with Crippen molar-refractivity contribution in [3.63, 3.8) is 0 Å². The Morgan fingerprint density at radius 1 is 0.905 bits per heavy atom. The second-order valence-corrected chi connectivity index (χ2v) is 4.37. The summed E-state index contributed by atoms with van der Waals surface area (Å²) in [6.45, 7) is 1.96. The maximum absolute atomic E-state index is 11.0. The number of Topliss-reactive ketones (excluding diaryl/α,β-unsaturated/α-hetero) is 1. The molecule has 2 heterocycles. The van der Waals surface area contributed by atoms with Crippen molar-refractivity contribution in [3.8, 4) is 0 Å². The molecule has 2 rings (SSSR count). The molecule has 0 saturated carbocycles. The highest BCUT2D eigenvalue weighted by Crippen LogP contribution is 2.04. The van der Waals surface area contributed by atoms with Crippen molar-refractivity contribution in [1.29, 1.82) is 0 Å². The van der Waals surface area contributed by atoms with Crippen LogP contribution >= 0.6 is 0 Å². The van der Waals surface area contributed by atoms with E-state index in [0.717, 1.165) is 9.80 Å². The molecule has 7 heteroatoms. The van der Waals surface area contributed by atoms with Crippen LogP contribution in [0.5, 0.6) is 0 Å². The topological polar surface area (TPSA) is 91.8 Å². The molecular weight excluding hydrogens is 276 g/mol. The fourth-order valence-electron chi connectivity index (χ4n) is 1.54. The van der Waals surface area contributed by atoms with Gasteiger partial charge in [0.2, 0.25) is 0 Å². The third-order valence-electron chi connectivity index (χ3n) is 2.94. The molecule has 0 radical (unpaired) electrons. The number of carbonyl (C=O) groups is 5. The maximum Gasteiger partial charge on any atom is 0.253 e. The summed E-state index contributed by atoms with van der Waals surface area (Å²) in [5.74, 6) is -1.07. The van der Waals surface area contributed by atoms with Gasteiger partial charge < -0.3 is 0 Å². The van der Waals surface area contributed by atoms with Gasteiger partial charge in [-0.3, -0.25) is 33.8 Å². The summed E-state index contributed by atoms with van der Waals surface area (Å²) in [7, 11) is 1.45. The van der Waals surface area contributed by atoms with Gasteiger partial charge in [0.1, 0.15) is 5.78 Å². The minimum absolute atomic E-state index is 0.0625. The highest BCUT2D eigenvalue weighted by Gasteiger charge is 2.23. The monoisotopic (exact) mass is 292 g/mol. The number of hydrogen-bond acceptors (Lipinski definition) is 5. The van der Waals surface area contributed by atoms with Gasteiger partial charge in [-0.25, -0.2) is 0 Å².